The third-order valence-electron chi connectivity index (χ3n) is 4.29. The van der Waals surface area contributed by atoms with Crippen LogP contribution in [-0.4, -0.2) is 38.8 Å². The molecular formula is C17H21N3O2. The summed E-state index contributed by atoms with van der Waals surface area (Å²) in [5.41, 5.74) is 4.16. The Hall–Kier alpha value is -2.14. The topological polar surface area (TPSA) is 58.4 Å². The van der Waals surface area contributed by atoms with Crippen LogP contribution in [0.1, 0.15) is 28.6 Å². The fourth-order valence-electron chi connectivity index (χ4n) is 3.20. The number of aliphatic hydroxyl groups is 1. The second-order valence-electron chi connectivity index (χ2n) is 5.82. The molecule has 2 heterocycles. The first-order valence-corrected chi connectivity index (χ1v) is 7.59. The van der Waals surface area contributed by atoms with Crippen LogP contribution in [0, 0.1) is 13.8 Å². The van der Waals surface area contributed by atoms with Gasteiger partial charge in [0.1, 0.15) is 6.54 Å². The number of carbonyl (C=O) groups excluding carboxylic acids is 1. The molecule has 1 amide bonds. The van der Waals surface area contributed by atoms with E-state index >= 15 is 0 Å². The molecule has 1 aliphatic rings. The van der Waals surface area contributed by atoms with Crippen LogP contribution in [0.4, 0.5) is 0 Å². The number of fused-ring (bicyclic) bond motifs is 1. The van der Waals surface area contributed by atoms with Gasteiger partial charge >= 0.3 is 0 Å². The summed E-state index contributed by atoms with van der Waals surface area (Å²) in [6, 6.07) is 9.73. The van der Waals surface area contributed by atoms with Crippen molar-refractivity contribution in [3.8, 4) is 0 Å². The van der Waals surface area contributed by atoms with Crippen LogP contribution >= 0.6 is 0 Å². The monoisotopic (exact) mass is 299 g/mol. The highest BCUT2D eigenvalue weighted by Crippen LogP contribution is 2.29. The average Bonchev–Trinajstić information content (AvgIpc) is 2.83. The van der Waals surface area contributed by atoms with Crippen LogP contribution in [0.5, 0.6) is 0 Å². The lowest BCUT2D eigenvalue weighted by atomic mass is 9.93. The van der Waals surface area contributed by atoms with Gasteiger partial charge in [0.25, 0.3) is 0 Å². The molecule has 3 rings (SSSR count). The standard InChI is InChI=1S/C17H21N3O2/c1-12-9-13(2)20(18-12)10-17(22)19-8-7-14-5-3-4-6-15(14)16(19)11-21/h3-6,9,16,21H,7-8,10-11H2,1-2H3/t16-/m0/s1. The largest absolute Gasteiger partial charge is 0.394 e. The van der Waals surface area contributed by atoms with Gasteiger partial charge in [0.2, 0.25) is 5.91 Å². The summed E-state index contributed by atoms with van der Waals surface area (Å²) in [6.45, 7) is 4.67. The van der Waals surface area contributed by atoms with Gasteiger partial charge in [-0.15, -0.1) is 0 Å². The molecule has 116 valence electrons. The zero-order valence-electron chi connectivity index (χ0n) is 13.0. The van der Waals surface area contributed by atoms with Crippen molar-refractivity contribution in [2.75, 3.05) is 13.2 Å². The van der Waals surface area contributed by atoms with E-state index in [1.807, 2.05) is 38.1 Å². The van der Waals surface area contributed by atoms with Crippen molar-refractivity contribution in [3.05, 3.63) is 52.8 Å². The number of aromatic nitrogens is 2. The molecule has 0 radical (unpaired) electrons. The Labute approximate surface area is 130 Å². The van der Waals surface area contributed by atoms with Crippen molar-refractivity contribution in [1.29, 1.82) is 0 Å². The van der Waals surface area contributed by atoms with E-state index < -0.39 is 0 Å². The molecule has 0 saturated carbocycles. The Bertz CT molecular complexity index is 693. The van der Waals surface area contributed by atoms with Gasteiger partial charge in [-0.25, -0.2) is 0 Å². The summed E-state index contributed by atoms with van der Waals surface area (Å²) in [5, 5.41) is 14.1. The number of carbonyl (C=O) groups is 1. The lowest BCUT2D eigenvalue weighted by molar-refractivity contribution is -0.136. The minimum atomic E-state index is -0.255. The molecule has 5 heteroatoms. The molecule has 1 aliphatic heterocycles. The number of hydrogen-bond acceptors (Lipinski definition) is 3. The zero-order chi connectivity index (χ0) is 15.7. The normalized spacial score (nSPS) is 17.4. The predicted octanol–water partition coefficient (Wildman–Crippen LogP) is 1.62. The van der Waals surface area contributed by atoms with Gasteiger partial charge in [-0.2, -0.15) is 5.10 Å². The Morgan fingerprint density at radius 2 is 2.14 bits per heavy atom. The average molecular weight is 299 g/mol. The summed E-state index contributed by atoms with van der Waals surface area (Å²) in [6.07, 6.45) is 0.829. The van der Waals surface area contributed by atoms with Crippen molar-refractivity contribution in [1.82, 2.24) is 14.7 Å². The Morgan fingerprint density at radius 3 is 2.82 bits per heavy atom. The van der Waals surface area contributed by atoms with Gasteiger partial charge in [0.05, 0.1) is 18.3 Å². The minimum absolute atomic E-state index is 0.000229. The third kappa shape index (κ3) is 2.64. The van der Waals surface area contributed by atoms with Gasteiger partial charge in [-0.1, -0.05) is 24.3 Å². The first-order chi connectivity index (χ1) is 10.6. The summed E-state index contributed by atoms with van der Waals surface area (Å²) in [4.78, 5) is 14.4. The molecular weight excluding hydrogens is 278 g/mol. The summed E-state index contributed by atoms with van der Waals surface area (Å²) < 4.78 is 1.73. The van der Waals surface area contributed by atoms with Gasteiger partial charge in [0.15, 0.2) is 0 Å². The summed E-state index contributed by atoms with van der Waals surface area (Å²) in [7, 11) is 0. The number of amides is 1. The molecule has 0 saturated heterocycles. The number of hydrogen-bond donors (Lipinski definition) is 1. The molecule has 1 N–H and O–H groups in total. The van der Waals surface area contributed by atoms with Crippen molar-refractivity contribution in [3.63, 3.8) is 0 Å². The van der Waals surface area contributed by atoms with Crippen LogP contribution < -0.4 is 0 Å². The Morgan fingerprint density at radius 1 is 1.36 bits per heavy atom. The van der Waals surface area contributed by atoms with Crippen molar-refractivity contribution in [2.24, 2.45) is 0 Å². The minimum Gasteiger partial charge on any atom is -0.394 e. The first kappa shape index (κ1) is 14.8. The maximum atomic E-state index is 12.7. The van der Waals surface area contributed by atoms with Gasteiger partial charge in [-0.3, -0.25) is 9.48 Å². The molecule has 0 spiro atoms. The van der Waals surface area contributed by atoms with E-state index in [1.54, 1.807) is 9.58 Å². The molecule has 2 aromatic rings. The second-order valence-corrected chi connectivity index (χ2v) is 5.82. The Kier molecular flexibility index (Phi) is 3.98. The molecule has 0 unspecified atom stereocenters. The smallest absolute Gasteiger partial charge is 0.244 e. The van der Waals surface area contributed by atoms with Crippen LogP contribution in [0.25, 0.3) is 0 Å². The van der Waals surface area contributed by atoms with Crippen LogP contribution in [0.3, 0.4) is 0 Å². The first-order valence-electron chi connectivity index (χ1n) is 7.59. The van der Waals surface area contributed by atoms with E-state index in [-0.39, 0.29) is 25.1 Å². The molecule has 1 atom stereocenters. The lowest BCUT2D eigenvalue weighted by Gasteiger charge is -2.36. The van der Waals surface area contributed by atoms with E-state index in [9.17, 15) is 9.90 Å². The van der Waals surface area contributed by atoms with E-state index in [0.717, 1.165) is 23.4 Å². The number of aryl methyl sites for hydroxylation is 2. The highest BCUT2D eigenvalue weighted by atomic mass is 16.3. The van der Waals surface area contributed by atoms with Crippen LogP contribution in [-0.2, 0) is 17.8 Å². The lowest BCUT2D eigenvalue weighted by Crippen LogP contribution is -2.43. The predicted molar refractivity (Wildman–Crippen MR) is 83.4 cm³/mol. The van der Waals surface area contributed by atoms with Crippen LogP contribution in [0.15, 0.2) is 30.3 Å². The fourth-order valence-corrected chi connectivity index (χ4v) is 3.20. The molecule has 0 aliphatic carbocycles. The van der Waals surface area contributed by atoms with Gasteiger partial charge < -0.3 is 10.0 Å². The number of nitrogens with zero attached hydrogens (tertiary/aromatic N) is 3. The molecule has 22 heavy (non-hydrogen) atoms. The van der Waals surface area contributed by atoms with Crippen molar-refractivity contribution in [2.45, 2.75) is 32.9 Å². The number of rotatable bonds is 3. The van der Waals surface area contributed by atoms with E-state index in [1.165, 1.54) is 5.56 Å². The highest BCUT2D eigenvalue weighted by molar-refractivity contribution is 5.77. The SMILES string of the molecule is Cc1cc(C)n(CC(=O)N2CCc3ccccc3[C@@H]2CO)n1. The van der Waals surface area contributed by atoms with Crippen molar-refractivity contribution >= 4 is 5.91 Å². The zero-order valence-corrected chi connectivity index (χ0v) is 13.0. The summed E-state index contributed by atoms with van der Waals surface area (Å²) in [5.74, 6) is -0.000229. The summed E-state index contributed by atoms with van der Waals surface area (Å²) >= 11 is 0. The Balaban J connectivity index is 1.82. The molecule has 0 bridgehead atoms. The highest BCUT2D eigenvalue weighted by Gasteiger charge is 2.30. The molecule has 5 nitrogen and oxygen atoms in total. The molecule has 1 aromatic carbocycles. The third-order valence-corrected chi connectivity index (χ3v) is 4.29. The van der Waals surface area contributed by atoms with E-state index in [4.69, 9.17) is 0 Å². The number of aliphatic hydroxyl groups excluding tert-OH is 1. The second kappa shape index (κ2) is 5.93. The van der Waals surface area contributed by atoms with E-state index in [2.05, 4.69) is 11.2 Å². The molecule has 1 aromatic heterocycles. The van der Waals surface area contributed by atoms with Crippen LogP contribution in [0.2, 0.25) is 0 Å². The number of benzene rings is 1. The van der Waals surface area contributed by atoms with Gasteiger partial charge in [0, 0.05) is 12.2 Å². The van der Waals surface area contributed by atoms with Crippen molar-refractivity contribution < 1.29 is 9.90 Å². The molecule has 0 fully saturated rings. The maximum Gasteiger partial charge on any atom is 0.244 e. The van der Waals surface area contributed by atoms with E-state index in [0.29, 0.717) is 6.54 Å². The quantitative estimate of drug-likeness (QED) is 0.937. The maximum absolute atomic E-state index is 12.7. The van der Waals surface area contributed by atoms with Gasteiger partial charge in [-0.05, 0) is 37.5 Å². The fraction of sp³-hybridized carbons (Fsp3) is 0.412.